The third-order valence-corrected chi connectivity index (χ3v) is 7.60. The lowest BCUT2D eigenvalue weighted by molar-refractivity contribution is -0.134. The predicted octanol–water partition coefficient (Wildman–Crippen LogP) is 3.05. The fourth-order valence-corrected chi connectivity index (χ4v) is 6.82. The molecule has 0 atom stereocenters. The van der Waals surface area contributed by atoms with Gasteiger partial charge in [0.2, 0.25) is 0 Å². The van der Waals surface area contributed by atoms with E-state index in [1.54, 1.807) is 6.07 Å². The van der Waals surface area contributed by atoms with Crippen LogP contribution in [0.25, 0.3) is 0 Å². The van der Waals surface area contributed by atoms with Crippen LogP contribution in [0.4, 0.5) is 5.69 Å². The van der Waals surface area contributed by atoms with E-state index in [0.29, 0.717) is 5.69 Å². The molecule has 2 N–H and O–H groups in total. The Kier molecular flexibility index (Phi) is 3.87. The molecule has 0 aromatic heterocycles. The van der Waals surface area contributed by atoms with E-state index < -0.39 is 15.8 Å². The summed E-state index contributed by atoms with van der Waals surface area (Å²) in [6.07, 6.45) is 8.74. The molecule has 136 valence electrons. The molecule has 4 aliphatic rings. The van der Waals surface area contributed by atoms with Crippen LogP contribution in [0, 0.1) is 17.8 Å². The van der Waals surface area contributed by atoms with Gasteiger partial charge in [0.05, 0.1) is 10.6 Å². The van der Waals surface area contributed by atoms with Gasteiger partial charge in [0, 0.05) is 6.26 Å². The largest absolute Gasteiger partial charge is 0.480 e. The van der Waals surface area contributed by atoms with Crippen molar-refractivity contribution in [3.63, 3.8) is 0 Å². The molecule has 6 heteroatoms. The summed E-state index contributed by atoms with van der Waals surface area (Å²) in [4.78, 5) is 11.0. The lowest BCUT2D eigenvalue weighted by Gasteiger charge is -2.57. The Hall–Kier alpha value is -1.56. The molecule has 4 saturated carbocycles. The Labute approximate surface area is 148 Å². The first kappa shape index (κ1) is 16.9. The molecule has 5 nitrogen and oxygen atoms in total. The SMILES string of the molecule is CS(=O)(=O)c1cc(C23CC4CC(CC(C4)C2)C3)ccc1NCC(=O)O. The Balaban J connectivity index is 1.72. The van der Waals surface area contributed by atoms with Gasteiger partial charge in [0.15, 0.2) is 9.84 Å². The van der Waals surface area contributed by atoms with Crippen LogP contribution < -0.4 is 5.32 Å². The van der Waals surface area contributed by atoms with Crippen molar-refractivity contribution in [3.05, 3.63) is 23.8 Å². The fraction of sp³-hybridized carbons (Fsp3) is 0.632. The highest BCUT2D eigenvalue weighted by molar-refractivity contribution is 7.90. The van der Waals surface area contributed by atoms with E-state index in [1.165, 1.54) is 44.8 Å². The van der Waals surface area contributed by atoms with Crippen molar-refractivity contribution in [3.8, 4) is 0 Å². The first-order chi connectivity index (χ1) is 11.7. The molecule has 0 amide bonds. The molecule has 5 rings (SSSR count). The summed E-state index contributed by atoms with van der Waals surface area (Å²) in [7, 11) is -3.43. The topological polar surface area (TPSA) is 83.5 Å². The minimum absolute atomic E-state index is 0.125. The number of hydrogen-bond acceptors (Lipinski definition) is 4. The number of aliphatic carboxylic acids is 1. The van der Waals surface area contributed by atoms with E-state index >= 15 is 0 Å². The van der Waals surface area contributed by atoms with Crippen molar-refractivity contribution >= 4 is 21.5 Å². The molecule has 4 bridgehead atoms. The van der Waals surface area contributed by atoms with Gasteiger partial charge in [-0.15, -0.1) is 0 Å². The number of carbonyl (C=O) groups is 1. The highest BCUT2D eigenvalue weighted by Crippen LogP contribution is 2.60. The Morgan fingerprint density at radius 1 is 1.16 bits per heavy atom. The van der Waals surface area contributed by atoms with E-state index in [0.717, 1.165) is 23.3 Å². The standard InChI is InChI=1S/C19H25NO4S/c1-25(23,24)17-7-15(2-3-16(17)20-11-18(21)22)19-8-12-4-13(9-19)6-14(5-12)10-19/h2-3,7,12-14,20H,4-6,8-11H2,1H3,(H,21,22). The Bertz CT molecular complexity index is 779. The maximum atomic E-state index is 12.3. The van der Waals surface area contributed by atoms with E-state index in [-0.39, 0.29) is 16.9 Å². The van der Waals surface area contributed by atoms with Gasteiger partial charge in [-0.25, -0.2) is 8.42 Å². The van der Waals surface area contributed by atoms with Crippen LogP contribution >= 0.6 is 0 Å². The lowest BCUT2D eigenvalue weighted by Crippen LogP contribution is -2.48. The zero-order chi connectivity index (χ0) is 17.8. The normalized spacial score (nSPS) is 33.4. The lowest BCUT2D eigenvalue weighted by atomic mass is 9.48. The third kappa shape index (κ3) is 3.05. The van der Waals surface area contributed by atoms with Crippen molar-refractivity contribution in [1.82, 2.24) is 0 Å². The second-order valence-corrected chi connectivity index (χ2v) is 10.4. The van der Waals surface area contributed by atoms with Gasteiger partial charge in [0.25, 0.3) is 0 Å². The number of sulfone groups is 1. The zero-order valence-electron chi connectivity index (χ0n) is 14.5. The monoisotopic (exact) mass is 363 g/mol. The van der Waals surface area contributed by atoms with Gasteiger partial charge in [-0.05, 0) is 79.4 Å². The van der Waals surface area contributed by atoms with Gasteiger partial charge in [-0.1, -0.05) is 6.07 Å². The molecule has 4 aliphatic carbocycles. The number of rotatable bonds is 5. The van der Waals surface area contributed by atoms with Crippen molar-refractivity contribution in [2.75, 3.05) is 18.1 Å². The highest BCUT2D eigenvalue weighted by Gasteiger charge is 2.51. The second-order valence-electron chi connectivity index (χ2n) is 8.43. The molecule has 25 heavy (non-hydrogen) atoms. The summed E-state index contributed by atoms with van der Waals surface area (Å²) in [6, 6.07) is 5.59. The molecule has 1 aromatic rings. The molecule has 0 spiro atoms. The van der Waals surface area contributed by atoms with E-state index in [2.05, 4.69) is 5.32 Å². The maximum absolute atomic E-state index is 12.3. The Morgan fingerprint density at radius 2 is 1.72 bits per heavy atom. The zero-order valence-corrected chi connectivity index (χ0v) is 15.3. The molecule has 1 aromatic carbocycles. The third-order valence-electron chi connectivity index (χ3n) is 6.46. The van der Waals surface area contributed by atoms with Crippen LogP contribution in [-0.4, -0.2) is 32.3 Å². The molecule has 4 fully saturated rings. The molecular weight excluding hydrogens is 338 g/mol. The average molecular weight is 363 g/mol. The van der Waals surface area contributed by atoms with Crippen LogP contribution in [0.2, 0.25) is 0 Å². The molecule has 0 radical (unpaired) electrons. The molecular formula is C19H25NO4S. The van der Waals surface area contributed by atoms with Crippen LogP contribution in [0.1, 0.15) is 44.1 Å². The van der Waals surface area contributed by atoms with Crippen molar-refractivity contribution in [2.24, 2.45) is 17.8 Å². The molecule has 0 unspecified atom stereocenters. The summed E-state index contributed by atoms with van der Waals surface area (Å²) in [6.45, 7) is -0.292. The Morgan fingerprint density at radius 3 is 2.20 bits per heavy atom. The predicted molar refractivity (Wildman–Crippen MR) is 95.5 cm³/mol. The molecule has 0 aliphatic heterocycles. The van der Waals surface area contributed by atoms with Gasteiger partial charge in [-0.2, -0.15) is 0 Å². The maximum Gasteiger partial charge on any atom is 0.322 e. The van der Waals surface area contributed by atoms with Crippen molar-refractivity contribution < 1.29 is 18.3 Å². The van der Waals surface area contributed by atoms with Crippen LogP contribution in [-0.2, 0) is 20.0 Å². The van der Waals surface area contributed by atoms with Crippen LogP contribution in [0.3, 0.4) is 0 Å². The number of nitrogens with one attached hydrogen (secondary N) is 1. The quantitative estimate of drug-likeness (QED) is 0.840. The highest BCUT2D eigenvalue weighted by atomic mass is 32.2. The number of carboxylic acid groups (broad SMARTS) is 1. The number of carboxylic acids is 1. The number of hydrogen-bond donors (Lipinski definition) is 2. The van der Waals surface area contributed by atoms with Gasteiger partial charge < -0.3 is 10.4 Å². The summed E-state index contributed by atoms with van der Waals surface area (Å²) in [5.41, 5.74) is 1.64. The molecule has 0 heterocycles. The van der Waals surface area contributed by atoms with Gasteiger partial charge in [0.1, 0.15) is 6.54 Å². The van der Waals surface area contributed by atoms with E-state index in [4.69, 9.17) is 5.11 Å². The first-order valence-electron chi connectivity index (χ1n) is 9.05. The second kappa shape index (κ2) is 5.73. The summed E-state index contributed by atoms with van der Waals surface area (Å²) in [5.74, 6) is 1.36. The summed E-state index contributed by atoms with van der Waals surface area (Å²) >= 11 is 0. The van der Waals surface area contributed by atoms with E-state index in [1.807, 2.05) is 12.1 Å². The summed E-state index contributed by atoms with van der Waals surface area (Å²) < 4.78 is 24.6. The first-order valence-corrected chi connectivity index (χ1v) is 10.9. The smallest absolute Gasteiger partial charge is 0.322 e. The van der Waals surface area contributed by atoms with Crippen molar-refractivity contribution in [2.45, 2.75) is 48.8 Å². The fourth-order valence-electron chi connectivity index (χ4n) is 5.94. The van der Waals surface area contributed by atoms with Gasteiger partial charge >= 0.3 is 5.97 Å². The number of benzene rings is 1. The minimum atomic E-state index is -3.43. The average Bonchev–Trinajstić information content (AvgIpc) is 2.50. The van der Waals surface area contributed by atoms with Gasteiger partial charge in [-0.3, -0.25) is 4.79 Å². The van der Waals surface area contributed by atoms with Crippen LogP contribution in [0.5, 0.6) is 0 Å². The van der Waals surface area contributed by atoms with Crippen molar-refractivity contribution in [1.29, 1.82) is 0 Å². The summed E-state index contributed by atoms with van der Waals surface area (Å²) in [5, 5.41) is 11.6. The number of anilines is 1. The minimum Gasteiger partial charge on any atom is -0.480 e. The van der Waals surface area contributed by atoms with E-state index in [9.17, 15) is 13.2 Å². The molecule has 0 saturated heterocycles. The van der Waals surface area contributed by atoms with Crippen LogP contribution in [0.15, 0.2) is 23.1 Å².